The second-order valence-electron chi connectivity index (χ2n) is 9.69. The molecule has 0 fully saturated rings. The fourth-order valence-corrected chi connectivity index (χ4v) is 4.59. The van der Waals surface area contributed by atoms with E-state index in [1.54, 1.807) is 19.2 Å². The molecule has 0 saturated carbocycles. The maximum absolute atomic E-state index is 12.8. The van der Waals surface area contributed by atoms with Crippen molar-refractivity contribution >= 4 is 11.6 Å². The number of tetrazole rings is 1. The predicted octanol–water partition coefficient (Wildman–Crippen LogP) is 6.33. The van der Waals surface area contributed by atoms with Crippen molar-refractivity contribution in [3.8, 4) is 22.9 Å². The van der Waals surface area contributed by atoms with Gasteiger partial charge in [-0.1, -0.05) is 82.9 Å². The molecule has 0 aliphatic carbocycles. The molecule has 39 heavy (non-hydrogen) atoms. The quantitative estimate of drug-likeness (QED) is 0.189. The van der Waals surface area contributed by atoms with Crippen molar-refractivity contribution < 1.29 is 19.0 Å². The van der Waals surface area contributed by atoms with E-state index in [2.05, 4.69) is 33.7 Å². The predicted molar refractivity (Wildman–Crippen MR) is 153 cm³/mol. The molecule has 1 aromatic heterocycles. The Morgan fingerprint density at radius 2 is 1.46 bits per heavy atom. The van der Waals surface area contributed by atoms with Gasteiger partial charge >= 0.3 is 0 Å². The molecule has 2 aromatic carbocycles. The number of benzene rings is 2. The Balaban J connectivity index is 1.53. The molecular weight excluding hydrogens is 494 g/mol. The number of carbonyl (C=O) groups is 1. The molecule has 0 atom stereocenters. The number of anilines is 1. The van der Waals surface area contributed by atoms with Gasteiger partial charge in [-0.05, 0) is 29.7 Å². The van der Waals surface area contributed by atoms with Crippen LogP contribution < -0.4 is 19.5 Å². The van der Waals surface area contributed by atoms with E-state index in [1.807, 2.05) is 18.2 Å². The highest BCUT2D eigenvalue weighted by Gasteiger charge is 2.18. The Kier molecular flexibility index (Phi) is 12.6. The molecule has 212 valence electrons. The summed E-state index contributed by atoms with van der Waals surface area (Å²) in [6.45, 7) is 2.26. The van der Waals surface area contributed by atoms with Crippen LogP contribution in [0.4, 0.5) is 5.69 Å². The minimum absolute atomic E-state index is 0.0427. The van der Waals surface area contributed by atoms with E-state index in [4.69, 9.17) is 14.2 Å². The molecule has 0 spiro atoms. The van der Waals surface area contributed by atoms with E-state index in [0.717, 1.165) is 18.5 Å². The van der Waals surface area contributed by atoms with Crippen LogP contribution in [0.25, 0.3) is 5.69 Å². The molecule has 0 unspecified atom stereocenters. The van der Waals surface area contributed by atoms with Gasteiger partial charge < -0.3 is 19.5 Å². The van der Waals surface area contributed by atoms with Crippen LogP contribution in [-0.4, -0.2) is 47.4 Å². The minimum atomic E-state index is -0.310. The summed E-state index contributed by atoms with van der Waals surface area (Å²) in [6, 6.07) is 11.5. The van der Waals surface area contributed by atoms with E-state index in [-0.39, 0.29) is 12.3 Å². The molecular formula is C30H43N5O4. The van der Waals surface area contributed by atoms with Gasteiger partial charge in [-0.2, -0.15) is 0 Å². The van der Waals surface area contributed by atoms with Gasteiger partial charge in [0.15, 0.2) is 5.82 Å². The first-order chi connectivity index (χ1) is 19.1. The summed E-state index contributed by atoms with van der Waals surface area (Å²) in [4.78, 5) is 14.3. The van der Waals surface area contributed by atoms with E-state index >= 15 is 0 Å². The first kappa shape index (κ1) is 29.9. The van der Waals surface area contributed by atoms with Crippen LogP contribution in [0.1, 0.15) is 82.5 Å². The lowest BCUT2D eigenvalue weighted by Gasteiger charge is -2.15. The molecule has 1 N–H and O–H groups in total. The molecule has 3 rings (SSSR count). The SMILES string of the molecule is CCCCCCCCCCCCc1ccccc1-n1nnc(CC(=O)Nc2c(OC)cc(OC)cc2OC)n1. The summed E-state index contributed by atoms with van der Waals surface area (Å²) in [6.07, 6.45) is 14.0. The lowest BCUT2D eigenvalue weighted by Crippen LogP contribution is -2.17. The third-order valence-electron chi connectivity index (χ3n) is 6.76. The van der Waals surface area contributed by atoms with Crippen LogP contribution in [-0.2, 0) is 17.6 Å². The van der Waals surface area contributed by atoms with Gasteiger partial charge in [0.05, 0.1) is 33.4 Å². The Morgan fingerprint density at radius 3 is 2.08 bits per heavy atom. The van der Waals surface area contributed by atoms with Gasteiger partial charge in [0.1, 0.15) is 22.9 Å². The molecule has 0 aliphatic rings. The van der Waals surface area contributed by atoms with Gasteiger partial charge in [0.25, 0.3) is 0 Å². The molecule has 1 amide bonds. The summed E-state index contributed by atoms with van der Waals surface area (Å²) in [7, 11) is 4.59. The molecule has 0 saturated heterocycles. The van der Waals surface area contributed by atoms with Gasteiger partial charge in [0.2, 0.25) is 5.91 Å². The normalized spacial score (nSPS) is 10.9. The number of amides is 1. The Labute approximate surface area is 232 Å². The first-order valence-electron chi connectivity index (χ1n) is 14.1. The highest BCUT2D eigenvalue weighted by molar-refractivity contribution is 5.95. The summed E-state index contributed by atoms with van der Waals surface area (Å²) in [5, 5.41) is 15.7. The van der Waals surface area contributed by atoms with Crippen LogP contribution in [0.5, 0.6) is 17.2 Å². The number of nitrogens with one attached hydrogen (secondary N) is 1. The van der Waals surface area contributed by atoms with Crippen molar-refractivity contribution in [3.05, 3.63) is 47.8 Å². The number of hydrogen-bond donors (Lipinski definition) is 1. The van der Waals surface area contributed by atoms with E-state index in [9.17, 15) is 4.79 Å². The van der Waals surface area contributed by atoms with Crippen LogP contribution in [0.2, 0.25) is 0 Å². The third-order valence-corrected chi connectivity index (χ3v) is 6.76. The number of hydrogen-bond acceptors (Lipinski definition) is 7. The topological polar surface area (TPSA) is 100 Å². The van der Waals surface area contributed by atoms with Crippen molar-refractivity contribution in [1.29, 1.82) is 0 Å². The number of carbonyl (C=O) groups excluding carboxylic acids is 1. The number of para-hydroxylation sites is 1. The molecule has 0 radical (unpaired) electrons. The van der Waals surface area contributed by atoms with Crippen molar-refractivity contribution in [2.24, 2.45) is 0 Å². The fraction of sp³-hybridized carbons (Fsp3) is 0.533. The van der Waals surface area contributed by atoms with Crippen LogP contribution in [0.3, 0.4) is 0 Å². The smallest absolute Gasteiger partial charge is 0.232 e. The van der Waals surface area contributed by atoms with Crippen LogP contribution >= 0.6 is 0 Å². The van der Waals surface area contributed by atoms with Gasteiger partial charge in [-0.3, -0.25) is 4.79 Å². The summed E-state index contributed by atoms with van der Waals surface area (Å²) in [5.41, 5.74) is 2.49. The maximum Gasteiger partial charge on any atom is 0.232 e. The number of nitrogens with zero attached hydrogens (tertiary/aromatic N) is 4. The minimum Gasteiger partial charge on any atom is -0.496 e. The second-order valence-corrected chi connectivity index (χ2v) is 9.69. The van der Waals surface area contributed by atoms with Crippen molar-refractivity contribution in [2.75, 3.05) is 26.6 Å². The van der Waals surface area contributed by atoms with Crippen LogP contribution in [0.15, 0.2) is 36.4 Å². The molecule has 3 aromatic rings. The Hall–Kier alpha value is -3.62. The first-order valence-corrected chi connectivity index (χ1v) is 14.1. The molecule has 0 aliphatic heterocycles. The average molecular weight is 538 g/mol. The van der Waals surface area contributed by atoms with Gasteiger partial charge in [-0.25, -0.2) is 0 Å². The Bertz CT molecular complexity index is 1140. The van der Waals surface area contributed by atoms with Crippen molar-refractivity contribution in [3.63, 3.8) is 0 Å². The van der Waals surface area contributed by atoms with Crippen molar-refractivity contribution in [1.82, 2.24) is 20.2 Å². The molecule has 9 nitrogen and oxygen atoms in total. The summed E-state index contributed by atoms with van der Waals surface area (Å²) in [5.74, 6) is 1.43. The van der Waals surface area contributed by atoms with E-state index in [0.29, 0.717) is 28.8 Å². The third kappa shape index (κ3) is 9.26. The van der Waals surface area contributed by atoms with Crippen molar-refractivity contribution in [2.45, 2.75) is 84.0 Å². The number of aromatic nitrogens is 4. The van der Waals surface area contributed by atoms with E-state index in [1.165, 1.54) is 82.4 Å². The highest BCUT2D eigenvalue weighted by Crippen LogP contribution is 2.38. The van der Waals surface area contributed by atoms with E-state index < -0.39 is 0 Å². The largest absolute Gasteiger partial charge is 0.496 e. The fourth-order valence-electron chi connectivity index (χ4n) is 4.59. The zero-order valence-corrected chi connectivity index (χ0v) is 23.9. The summed E-state index contributed by atoms with van der Waals surface area (Å²) < 4.78 is 16.1. The highest BCUT2D eigenvalue weighted by atomic mass is 16.5. The molecule has 0 bridgehead atoms. The number of unbranched alkanes of at least 4 members (excludes halogenated alkanes) is 9. The number of rotatable bonds is 18. The average Bonchev–Trinajstić information content (AvgIpc) is 3.42. The zero-order valence-electron chi connectivity index (χ0n) is 23.9. The number of ether oxygens (including phenoxy) is 3. The van der Waals surface area contributed by atoms with Gasteiger partial charge in [0, 0.05) is 12.1 Å². The monoisotopic (exact) mass is 537 g/mol. The standard InChI is InChI=1S/C30H43N5O4/c1-5-6-7-8-9-10-11-12-13-14-17-23-18-15-16-19-25(23)35-33-28(32-34-35)22-29(36)31-30-26(38-3)20-24(37-2)21-27(30)39-4/h15-16,18-21H,5-14,17,22H2,1-4H3,(H,31,36). The molecule has 9 heteroatoms. The maximum atomic E-state index is 12.8. The zero-order chi connectivity index (χ0) is 27.9. The lowest BCUT2D eigenvalue weighted by atomic mass is 10.0. The summed E-state index contributed by atoms with van der Waals surface area (Å²) >= 11 is 0. The second kappa shape index (κ2) is 16.4. The molecule has 1 heterocycles. The van der Waals surface area contributed by atoms with Crippen LogP contribution in [0, 0.1) is 0 Å². The number of aryl methyl sites for hydroxylation is 1. The number of methoxy groups -OCH3 is 3. The van der Waals surface area contributed by atoms with Gasteiger partial charge in [-0.15, -0.1) is 15.0 Å². The lowest BCUT2D eigenvalue weighted by molar-refractivity contribution is -0.115. The Morgan fingerprint density at radius 1 is 0.846 bits per heavy atom.